The molecule has 232 valence electrons. The Balaban J connectivity index is 2.26. The van der Waals surface area contributed by atoms with Gasteiger partial charge in [-0.15, -0.1) is 6.58 Å². The molecule has 0 aliphatic carbocycles. The van der Waals surface area contributed by atoms with Crippen LogP contribution >= 0.6 is 0 Å². The molecule has 0 aromatic heterocycles. The molecule has 2 N–H and O–H groups in total. The Labute approximate surface area is 248 Å². The Hall–Kier alpha value is -2.68. The molecule has 4 atom stereocenters. The quantitative estimate of drug-likeness (QED) is 0.291. The summed E-state index contributed by atoms with van der Waals surface area (Å²) in [4.78, 5) is 59.2. The monoisotopic (exact) mass is 573 g/mol. The van der Waals surface area contributed by atoms with E-state index < -0.39 is 17.5 Å². The number of nitrogens with zero attached hydrogens (tertiary/aromatic N) is 3. The normalized spacial score (nSPS) is 21.9. The predicted molar refractivity (Wildman–Crippen MR) is 164 cm³/mol. The van der Waals surface area contributed by atoms with Crippen LogP contribution in [0.5, 0.6) is 0 Å². The number of rotatable bonds is 11. The highest BCUT2D eigenvalue weighted by Gasteiger charge is 2.40. The molecule has 1 unspecified atom stereocenters. The van der Waals surface area contributed by atoms with Gasteiger partial charge in [0.25, 0.3) is 0 Å². The summed E-state index contributed by atoms with van der Waals surface area (Å²) in [5.74, 6) is -0.634. The van der Waals surface area contributed by atoms with Gasteiger partial charge in [0.2, 0.25) is 23.6 Å². The second kappa shape index (κ2) is 15.0. The topological polar surface area (TPSA) is 102 Å². The predicted octanol–water partition coefficient (Wildman–Crippen LogP) is 3.50. The third kappa shape index (κ3) is 8.90. The highest BCUT2D eigenvalue weighted by atomic mass is 16.2. The summed E-state index contributed by atoms with van der Waals surface area (Å²) in [6, 6.07) is -1.60. The number of carbonyl (C=O) groups is 4. The van der Waals surface area contributed by atoms with Crippen LogP contribution in [0, 0.1) is 11.3 Å². The van der Waals surface area contributed by atoms with E-state index in [0.29, 0.717) is 25.1 Å². The van der Waals surface area contributed by atoms with Crippen molar-refractivity contribution in [3.8, 4) is 0 Å². The summed E-state index contributed by atoms with van der Waals surface area (Å²) >= 11 is 0. The first-order chi connectivity index (χ1) is 19.1. The Kier molecular flexibility index (Phi) is 12.6. The minimum absolute atomic E-state index is 0.0167. The highest BCUT2D eigenvalue weighted by Crippen LogP contribution is 2.26. The zero-order valence-electron chi connectivity index (χ0n) is 27.0. The van der Waals surface area contributed by atoms with E-state index in [1.54, 1.807) is 29.8 Å². The van der Waals surface area contributed by atoms with Crippen LogP contribution in [0.3, 0.4) is 0 Å². The fourth-order valence-electron chi connectivity index (χ4n) is 5.97. The van der Waals surface area contributed by atoms with Crippen molar-refractivity contribution in [2.75, 3.05) is 26.7 Å². The van der Waals surface area contributed by atoms with E-state index in [-0.39, 0.29) is 47.7 Å². The van der Waals surface area contributed by atoms with Crippen LogP contribution in [0.2, 0.25) is 0 Å². The molecule has 0 radical (unpaired) electrons. The first-order valence-electron chi connectivity index (χ1n) is 15.3. The molecule has 41 heavy (non-hydrogen) atoms. The highest BCUT2D eigenvalue weighted by molar-refractivity contribution is 5.97. The fraction of sp³-hybridized carbons (Fsp3) is 0.750. The second-order valence-corrected chi connectivity index (χ2v) is 13.4. The molecule has 0 aromatic carbocycles. The lowest BCUT2D eigenvalue weighted by molar-refractivity contribution is -0.142. The van der Waals surface area contributed by atoms with Crippen molar-refractivity contribution in [1.82, 2.24) is 25.3 Å². The third-order valence-corrected chi connectivity index (χ3v) is 8.38. The van der Waals surface area contributed by atoms with E-state index in [9.17, 15) is 19.2 Å². The Bertz CT molecular complexity index is 983. The van der Waals surface area contributed by atoms with Crippen LogP contribution < -0.4 is 10.6 Å². The van der Waals surface area contributed by atoms with Gasteiger partial charge < -0.3 is 20.4 Å². The standard InChI is InChI=1S/C32H55N5O4/c1-11-17-33-28(38)24-16-14-19-37(24)30(40)23(6)20-26(21(2)3)35(10)31(41)27(32(7,8)9)34-29(39)25-15-12-13-18-36(25)22(4)5/h11,20-22,24-27H,1,12-19H2,2-10H3,(H,33,38)(H,34,39)/t24-,25?,26+,27+/m0/s1. The maximum atomic E-state index is 14.0. The van der Waals surface area contributed by atoms with E-state index in [0.717, 1.165) is 32.2 Å². The van der Waals surface area contributed by atoms with Gasteiger partial charge in [0, 0.05) is 31.8 Å². The van der Waals surface area contributed by atoms with Gasteiger partial charge in [0.15, 0.2) is 0 Å². The van der Waals surface area contributed by atoms with Crippen LogP contribution in [0.25, 0.3) is 0 Å². The molecule has 0 saturated carbocycles. The number of hydrogen-bond acceptors (Lipinski definition) is 5. The molecule has 0 aromatic rings. The fourth-order valence-corrected chi connectivity index (χ4v) is 5.97. The minimum Gasteiger partial charge on any atom is -0.351 e. The number of likely N-dealkylation sites (tertiary alicyclic amines) is 2. The van der Waals surface area contributed by atoms with Crippen LogP contribution in [-0.2, 0) is 19.2 Å². The molecule has 2 aliphatic rings. The maximum Gasteiger partial charge on any atom is 0.249 e. The van der Waals surface area contributed by atoms with E-state index in [2.05, 4.69) is 36.0 Å². The van der Waals surface area contributed by atoms with Gasteiger partial charge >= 0.3 is 0 Å². The van der Waals surface area contributed by atoms with Crippen molar-refractivity contribution in [3.05, 3.63) is 24.3 Å². The summed E-state index contributed by atoms with van der Waals surface area (Å²) in [7, 11) is 1.74. The average Bonchev–Trinajstić information content (AvgIpc) is 3.41. The van der Waals surface area contributed by atoms with E-state index in [1.165, 1.54) is 0 Å². The van der Waals surface area contributed by atoms with Crippen molar-refractivity contribution >= 4 is 23.6 Å². The number of amides is 4. The molecular formula is C32H55N5O4. The number of nitrogens with one attached hydrogen (secondary N) is 2. The molecular weight excluding hydrogens is 518 g/mol. The summed E-state index contributed by atoms with van der Waals surface area (Å²) in [5, 5.41) is 5.93. The van der Waals surface area contributed by atoms with Crippen LogP contribution in [0.4, 0.5) is 0 Å². The van der Waals surface area contributed by atoms with Crippen LogP contribution in [0.15, 0.2) is 24.3 Å². The number of hydrogen-bond donors (Lipinski definition) is 2. The first-order valence-corrected chi connectivity index (χ1v) is 15.3. The first kappa shape index (κ1) is 34.5. The van der Waals surface area contributed by atoms with Gasteiger partial charge in [-0.3, -0.25) is 24.1 Å². The number of likely N-dealkylation sites (N-methyl/N-ethyl adjacent to an activating group) is 1. The van der Waals surface area contributed by atoms with Gasteiger partial charge in [-0.1, -0.05) is 53.2 Å². The summed E-state index contributed by atoms with van der Waals surface area (Å²) in [5.41, 5.74) is -0.0198. The summed E-state index contributed by atoms with van der Waals surface area (Å²) in [6.45, 7) is 21.3. The van der Waals surface area contributed by atoms with Crippen molar-refractivity contribution in [3.63, 3.8) is 0 Å². The van der Waals surface area contributed by atoms with Crippen LogP contribution in [-0.4, -0.2) is 95.2 Å². The van der Waals surface area contributed by atoms with Crippen molar-refractivity contribution in [2.24, 2.45) is 11.3 Å². The SMILES string of the molecule is C=CCNC(=O)[C@@H]1CCCN1C(=O)C(C)=C[C@H](C(C)C)N(C)C(=O)[C@@H](NC(=O)C1CCCCN1C(C)C)C(C)(C)C. The zero-order valence-corrected chi connectivity index (χ0v) is 27.0. The molecule has 2 rings (SSSR count). The molecule has 2 fully saturated rings. The maximum absolute atomic E-state index is 14.0. The smallest absolute Gasteiger partial charge is 0.249 e. The lowest BCUT2D eigenvalue weighted by Gasteiger charge is -2.41. The lowest BCUT2D eigenvalue weighted by atomic mass is 9.84. The molecule has 9 nitrogen and oxygen atoms in total. The molecule has 0 spiro atoms. The molecule has 2 saturated heterocycles. The summed E-state index contributed by atoms with van der Waals surface area (Å²) in [6.07, 6.45) is 7.70. The van der Waals surface area contributed by atoms with Crippen molar-refractivity contribution in [2.45, 2.75) is 118 Å². The Morgan fingerprint density at radius 2 is 1.61 bits per heavy atom. The van der Waals surface area contributed by atoms with Gasteiger partial charge in [0.05, 0.1) is 12.1 Å². The van der Waals surface area contributed by atoms with Crippen LogP contribution in [0.1, 0.15) is 87.5 Å². The van der Waals surface area contributed by atoms with Crippen molar-refractivity contribution in [1.29, 1.82) is 0 Å². The van der Waals surface area contributed by atoms with E-state index in [1.807, 2.05) is 40.7 Å². The molecule has 0 bridgehead atoms. The molecule has 9 heteroatoms. The van der Waals surface area contributed by atoms with E-state index in [4.69, 9.17) is 0 Å². The summed E-state index contributed by atoms with van der Waals surface area (Å²) < 4.78 is 0. The van der Waals surface area contributed by atoms with Gasteiger partial charge in [-0.25, -0.2) is 0 Å². The zero-order chi connectivity index (χ0) is 31.1. The average molecular weight is 574 g/mol. The Morgan fingerprint density at radius 3 is 2.17 bits per heavy atom. The lowest BCUT2D eigenvalue weighted by Crippen LogP contribution is -2.60. The molecule has 2 aliphatic heterocycles. The van der Waals surface area contributed by atoms with Gasteiger partial charge in [-0.05, 0) is 64.3 Å². The van der Waals surface area contributed by atoms with Crippen molar-refractivity contribution < 1.29 is 19.2 Å². The van der Waals surface area contributed by atoms with Gasteiger partial charge in [-0.2, -0.15) is 0 Å². The van der Waals surface area contributed by atoms with Gasteiger partial charge in [0.1, 0.15) is 12.1 Å². The second-order valence-electron chi connectivity index (χ2n) is 13.4. The minimum atomic E-state index is -0.724. The number of carbonyl (C=O) groups excluding carboxylic acids is 4. The molecule has 2 heterocycles. The van der Waals surface area contributed by atoms with E-state index >= 15 is 0 Å². The third-order valence-electron chi connectivity index (χ3n) is 8.38. The number of piperidine rings is 1. The largest absolute Gasteiger partial charge is 0.351 e. The molecule has 4 amide bonds. The Morgan fingerprint density at radius 1 is 0.976 bits per heavy atom.